The normalized spacial score (nSPS) is 11.3. The molecule has 0 aliphatic heterocycles. The second-order valence-electron chi connectivity index (χ2n) is 5.13. The van der Waals surface area contributed by atoms with Crippen molar-refractivity contribution in [2.45, 2.75) is 26.8 Å². The molecule has 0 N–H and O–H groups in total. The van der Waals surface area contributed by atoms with Crippen molar-refractivity contribution in [1.82, 2.24) is 15.0 Å². The lowest BCUT2D eigenvalue weighted by atomic mass is 10.1. The molecule has 0 unspecified atom stereocenters. The standard InChI is InChI=1S/C16H19N3O/c1-13(2)10-11-19-16(15(12-20)17-18-19)9-8-14-6-4-3-5-7-14/h3-9,12-13H,10-11H2,1-2H3/b9-8+. The maximum atomic E-state index is 11.0. The Labute approximate surface area is 119 Å². The zero-order valence-corrected chi connectivity index (χ0v) is 11.9. The molecule has 0 spiro atoms. The lowest BCUT2D eigenvalue weighted by Crippen LogP contribution is -2.05. The van der Waals surface area contributed by atoms with E-state index in [2.05, 4.69) is 24.2 Å². The lowest BCUT2D eigenvalue weighted by Gasteiger charge is -2.06. The van der Waals surface area contributed by atoms with Gasteiger partial charge in [-0.15, -0.1) is 5.10 Å². The number of aryl methyl sites for hydroxylation is 1. The van der Waals surface area contributed by atoms with Gasteiger partial charge in [-0.1, -0.05) is 55.5 Å². The number of hydrogen-bond acceptors (Lipinski definition) is 3. The van der Waals surface area contributed by atoms with E-state index < -0.39 is 0 Å². The van der Waals surface area contributed by atoms with Crippen molar-refractivity contribution in [3.8, 4) is 0 Å². The third-order valence-electron chi connectivity index (χ3n) is 3.06. The highest BCUT2D eigenvalue weighted by Crippen LogP contribution is 2.12. The maximum Gasteiger partial charge on any atom is 0.172 e. The lowest BCUT2D eigenvalue weighted by molar-refractivity contribution is 0.111. The minimum Gasteiger partial charge on any atom is -0.296 e. The van der Waals surface area contributed by atoms with Gasteiger partial charge in [0.05, 0.1) is 5.69 Å². The number of aldehydes is 1. The first-order valence-electron chi connectivity index (χ1n) is 6.82. The van der Waals surface area contributed by atoms with Crippen LogP contribution in [-0.4, -0.2) is 21.3 Å². The second-order valence-corrected chi connectivity index (χ2v) is 5.13. The highest BCUT2D eigenvalue weighted by molar-refractivity contribution is 5.81. The maximum absolute atomic E-state index is 11.0. The van der Waals surface area contributed by atoms with Crippen molar-refractivity contribution in [2.75, 3.05) is 0 Å². The minimum atomic E-state index is 0.390. The molecular weight excluding hydrogens is 250 g/mol. The van der Waals surface area contributed by atoms with Crippen LogP contribution in [0.15, 0.2) is 30.3 Å². The number of hydrogen-bond donors (Lipinski definition) is 0. The van der Waals surface area contributed by atoms with Gasteiger partial charge in [-0.2, -0.15) is 0 Å². The Bertz CT molecular complexity index is 585. The molecule has 1 heterocycles. The Morgan fingerprint density at radius 1 is 1.20 bits per heavy atom. The quantitative estimate of drug-likeness (QED) is 0.756. The summed E-state index contributed by atoms with van der Waals surface area (Å²) >= 11 is 0. The first-order chi connectivity index (χ1) is 9.70. The monoisotopic (exact) mass is 269 g/mol. The first kappa shape index (κ1) is 14.2. The van der Waals surface area contributed by atoms with Crippen molar-refractivity contribution < 1.29 is 4.79 Å². The van der Waals surface area contributed by atoms with Crippen molar-refractivity contribution in [3.05, 3.63) is 47.3 Å². The topological polar surface area (TPSA) is 47.8 Å². The van der Waals surface area contributed by atoms with Gasteiger partial charge < -0.3 is 0 Å². The Balaban J connectivity index is 2.22. The van der Waals surface area contributed by atoms with Gasteiger partial charge in [-0.25, -0.2) is 4.68 Å². The van der Waals surface area contributed by atoms with Gasteiger partial charge in [-0.3, -0.25) is 4.79 Å². The summed E-state index contributed by atoms with van der Waals surface area (Å²) < 4.78 is 1.79. The van der Waals surface area contributed by atoms with Crippen LogP contribution in [0.3, 0.4) is 0 Å². The Morgan fingerprint density at radius 2 is 1.95 bits per heavy atom. The van der Waals surface area contributed by atoms with Gasteiger partial charge in [-0.05, 0) is 24.0 Å². The van der Waals surface area contributed by atoms with E-state index in [4.69, 9.17) is 0 Å². The fourth-order valence-corrected chi connectivity index (χ4v) is 1.87. The number of rotatable bonds is 6. The molecule has 4 nitrogen and oxygen atoms in total. The Morgan fingerprint density at radius 3 is 2.60 bits per heavy atom. The Hall–Kier alpha value is -2.23. The fraction of sp³-hybridized carbons (Fsp3) is 0.312. The third kappa shape index (κ3) is 3.63. The molecule has 1 aromatic carbocycles. The molecule has 2 aromatic rings. The van der Waals surface area contributed by atoms with Crippen LogP contribution < -0.4 is 0 Å². The fourth-order valence-electron chi connectivity index (χ4n) is 1.87. The van der Waals surface area contributed by atoms with Crippen molar-refractivity contribution in [1.29, 1.82) is 0 Å². The van der Waals surface area contributed by atoms with Crippen molar-refractivity contribution in [3.63, 3.8) is 0 Å². The van der Waals surface area contributed by atoms with Crippen LogP contribution >= 0.6 is 0 Å². The van der Waals surface area contributed by atoms with E-state index >= 15 is 0 Å². The summed E-state index contributed by atoms with van der Waals surface area (Å²) in [6.07, 6.45) is 5.63. The van der Waals surface area contributed by atoms with Gasteiger partial charge >= 0.3 is 0 Å². The van der Waals surface area contributed by atoms with Crippen molar-refractivity contribution in [2.24, 2.45) is 5.92 Å². The molecule has 0 saturated carbocycles. The summed E-state index contributed by atoms with van der Waals surface area (Å²) in [6, 6.07) is 9.96. The van der Waals surface area contributed by atoms with E-state index in [1.165, 1.54) is 0 Å². The SMILES string of the molecule is CC(C)CCn1nnc(C=O)c1/C=C/c1ccccc1. The van der Waals surface area contributed by atoms with Crippen LogP contribution in [0, 0.1) is 5.92 Å². The van der Waals surface area contributed by atoms with Crippen LogP contribution in [0.2, 0.25) is 0 Å². The number of carbonyl (C=O) groups is 1. The molecule has 2 rings (SSSR count). The van der Waals surface area contributed by atoms with Gasteiger partial charge in [0.1, 0.15) is 0 Å². The molecule has 0 atom stereocenters. The van der Waals surface area contributed by atoms with E-state index in [1.807, 2.05) is 42.5 Å². The van der Waals surface area contributed by atoms with Crippen molar-refractivity contribution >= 4 is 18.4 Å². The molecule has 0 amide bonds. The summed E-state index contributed by atoms with van der Waals surface area (Å²) in [4.78, 5) is 11.0. The molecule has 0 radical (unpaired) electrons. The van der Waals surface area contributed by atoms with Crippen LogP contribution in [0.25, 0.3) is 12.2 Å². The van der Waals surface area contributed by atoms with Gasteiger partial charge in [0.15, 0.2) is 12.0 Å². The average molecular weight is 269 g/mol. The number of carbonyl (C=O) groups excluding carboxylic acids is 1. The zero-order valence-electron chi connectivity index (χ0n) is 11.9. The van der Waals surface area contributed by atoms with Crippen LogP contribution in [0.5, 0.6) is 0 Å². The second kappa shape index (κ2) is 6.80. The highest BCUT2D eigenvalue weighted by Gasteiger charge is 2.09. The molecule has 0 aliphatic carbocycles. The molecule has 0 aliphatic rings. The van der Waals surface area contributed by atoms with E-state index in [0.29, 0.717) is 11.6 Å². The van der Waals surface area contributed by atoms with Crippen LogP contribution in [0.4, 0.5) is 0 Å². The zero-order chi connectivity index (χ0) is 14.4. The summed E-state index contributed by atoms with van der Waals surface area (Å²) in [5, 5.41) is 7.97. The largest absolute Gasteiger partial charge is 0.296 e. The van der Waals surface area contributed by atoms with Crippen LogP contribution in [-0.2, 0) is 6.54 Å². The van der Waals surface area contributed by atoms with Gasteiger partial charge in [0, 0.05) is 6.54 Å². The van der Waals surface area contributed by atoms with E-state index in [0.717, 1.165) is 30.5 Å². The van der Waals surface area contributed by atoms with E-state index in [1.54, 1.807) is 4.68 Å². The summed E-state index contributed by atoms with van der Waals surface area (Å²) in [7, 11) is 0. The Kier molecular flexibility index (Phi) is 4.82. The summed E-state index contributed by atoms with van der Waals surface area (Å²) in [5.41, 5.74) is 2.24. The van der Waals surface area contributed by atoms with Crippen LogP contribution in [0.1, 0.15) is 42.0 Å². The van der Waals surface area contributed by atoms with Gasteiger partial charge in [0.2, 0.25) is 0 Å². The summed E-state index contributed by atoms with van der Waals surface area (Å²) in [6.45, 7) is 5.10. The first-order valence-corrected chi connectivity index (χ1v) is 6.82. The average Bonchev–Trinajstić information content (AvgIpc) is 2.86. The number of benzene rings is 1. The molecule has 1 aromatic heterocycles. The number of nitrogens with zero attached hydrogens (tertiary/aromatic N) is 3. The summed E-state index contributed by atoms with van der Waals surface area (Å²) in [5.74, 6) is 0.588. The third-order valence-corrected chi connectivity index (χ3v) is 3.06. The molecule has 0 saturated heterocycles. The molecule has 0 fully saturated rings. The molecule has 0 bridgehead atoms. The molecular formula is C16H19N3O. The predicted molar refractivity (Wildman–Crippen MR) is 80.2 cm³/mol. The molecule has 20 heavy (non-hydrogen) atoms. The molecule has 104 valence electrons. The smallest absolute Gasteiger partial charge is 0.172 e. The van der Waals surface area contributed by atoms with Gasteiger partial charge in [0.25, 0.3) is 0 Å². The van der Waals surface area contributed by atoms with E-state index in [-0.39, 0.29) is 0 Å². The number of aromatic nitrogens is 3. The molecule has 4 heteroatoms. The minimum absolute atomic E-state index is 0.390. The van der Waals surface area contributed by atoms with E-state index in [9.17, 15) is 4.79 Å². The highest BCUT2D eigenvalue weighted by atomic mass is 16.1. The predicted octanol–water partition coefficient (Wildman–Crippen LogP) is 3.31.